The lowest BCUT2D eigenvalue weighted by atomic mass is 10.0. The van der Waals surface area contributed by atoms with Crippen LogP contribution in [0.25, 0.3) is 5.82 Å². The van der Waals surface area contributed by atoms with Gasteiger partial charge in [-0.25, -0.2) is 4.98 Å². The number of hydrogen-bond donors (Lipinski definition) is 1. The summed E-state index contributed by atoms with van der Waals surface area (Å²) in [7, 11) is 0. The molecule has 0 unspecified atom stereocenters. The normalized spacial score (nSPS) is 10.9. The second kappa shape index (κ2) is 8.65. The molecule has 28 heavy (non-hydrogen) atoms. The number of aromatic nitrogens is 4. The predicted molar refractivity (Wildman–Crippen MR) is 108 cm³/mol. The van der Waals surface area contributed by atoms with Crippen molar-refractivity contribution < 1.29 is 9.53 Å². The van der Waals surface area contributed by atoms with Crippen LogP contribution in [0, 0.1) is 19.8 Å². The number of imidazole rings is 1. The van der Waals surface area contributed by atoms with Crippen LogP contribution in [0.5, 0.6) is 11.6 Å². The molecule has 1 aromatic carbocycles. The molecule has 0 aliphatic rings. The van der Waals surface area contributed by atoms with Gasteiger partial charge in [0.25, 0.3) is 0 Å². The van der Waals surface area contributed by atoms with Gasteiger partial charge in [-0.05, 0) is 57.0 Å². The maximum atomic E-state index is 12.2. The first-order chi connectivity index (χ1) is 13.5. The number of ether oxygens (including phenoxy) is 1. The van der Waals surface area contributed by atoms with Gasteiger partial charge < -0.3 is 10.1 Å². The molecule has 2 heterocycles. The fourth-order valence-corrected chi connectivity index (χ4v) is 2.86. The van der Waals surface area contributed by atoms with E-state index in [1.807, 2.05) is 50.5 Å². The van der Waals surface area contributed by atoms with Crippen LogP contribution in [-0.4, -0.2) is 25.7 Å². The number of nitrogens with zero attached hydrogens (tertiary/aromatic N) is 4. The van der Waals surface area contributed by atoms with Crippen molar-refractivity contribution in [3.8, 4) is 17.4 Å². The summed E-state index contributed by atoms with van der Waals surface area (Å²) in [6.07, 6.45) is 3.39. The lowest BCUT2D eigenvalue weighted by Crippen LogP contribution is -2.21. The Bertz CT molecular complexity index is 928. The first-order valence-corrected chi connectivity index (χ1v) is 9.45. The summed E-state index contributed by atoms with van der Waals surface area (Å²) in [5, 5.41) is 11.3. The van der Waals surface area contributed by atoms with Gasteiger partial charge in [0, 0.05) is 23.4 Å². The zero-order valence-electron chi connectivity index (χ0n) is 16.6. The summed E-state index contributed by atoms with van der Waals surface area (Å²) in [5.74, 6) is 1.78. The zero-order valence-corrected chi connectivity index (χ0v) is 16.6. The number of anilines is 1. The van der Waals surface area contributed by atoms with Crippen LogP contribution in [0.2, 0.25) is 0 Å². The monoisotopic (exact) mass is 379 g/mol. The van der Waals surface area contributed by atoms with Crippen molar-refractivity contribution in [3.05, 3.63) is 54.1 Å². The van der Waals surface area contributed by atoms with Crippen molar-refractivity contribution in [1.29, 1.82) is 0 Å². The summed E-state index contributed by atoms with van der Waals surface area (Å²) < 4.78 is 7.62. The highest BCUT2D eigenvalue weighted by molar-refractivity contribution is 5.92. The standard InChI is InChI=1S/C21H25N5O2/c1-5-16(6-2)21(27)23-17-7-9-18(10-8-17)28-20-12-11-19(24-25-20)26-13-22-14(3)15(26)4/h7-13,16H,5-6H2,1-4H3,(H,23,27). The molecule has 0 bridgehead atoms. The fourth-order valence-electron chi connectivity index (χ4n) is 2.86. The number of carbonyl (C=O) groups is 1. The Morgan fingerprint density at radius 2 is 1.79 bits per heavy atom. The van der Waals surface area contributed by atoms with E-state index in [4.69, 9.17) is 4.74 Å². The first-order valence-electron chi connectivity index (χ1n) is 9.45. The summed E-state index contributed by atoms with van der Waals surface area (Å²) in [6, 6.07) is 10.8. The molecule has 146 valence electrons. The molecule has 0 atom stereocenters. The second-order valence-corrected chi connectivity index (χ2v) is 6.64. The van der Waals surface area contributed by atoms with E-state index in [0.29, 0.717) is 17.4 Å². The molecule has 0 aliphatic heterocycles. The summed E-state index contributed by atoms with van der Waals surface area (Å²) >= 11 is 0. The van der Waals surface area contributed by atoms with Gasteiger partial charge >= 0.3 is 0 Å². The minimum Gasteiger partial charge on any atom is -0.438 e. The quantitative estimate of drug-likeness (QED) is 0.656. The van der Waals surface area contributed by atoms with E-state index in [-0.39, 0.29) is 11.8 Å². The molecule has 2 aromatic heterocycles. The number of nitrogens with one attached hydrogen (secondary N) is 1. The Labute approximate surface area is 164 Å². The summed E-state index contributed by atoms with van der Waals surface area (Å²) in [4.78, 5) is 16.4. The Morgan fingerprint density at radius 3 is 2.32 bits per heavy atom. The molecule has 0 fully saturated rings. The Balaban J connectivity index is 1.64. The third kappa shape index (κ3) is 4.36. The van der Waals surface area contributed by atoms with Crippen LogP contribution in [-0.2, 0) is 4.79 Å². The average molecular weight is 379 g/mol. The Hall–Kier alpha value is -3.22. The molecule has 3 rings (SSSR count). The second-order valence-electron chi connectivity index (χ2n) is 6.64. The van der Waals surface area contributed by atoms with Crippen molar-refractivity contribution in [2.24, 2.45) is 5.92 Å². The van der Waals surface area contributed by atoms with E-state index in [2.05, 4.69) is 20.5 Å². The molecule has 1 amide bonds. The Morgan fingerprint density at radius 1 is 1.07 bits per heavy atom. The zero-order chi connectivity index (χ0) is 20.1. The maximum Gasteiger partial charge on any atom is 0.238 e. The van der Waals surface area contributed by atoms with Crippen LogP contribution >= 0.6 is 0 Å². The van der Waals surface area contributed by atoms with E-state index in [0.717, 1.165) is 29.9 Å². The van der Waals surface area contributed by atoms with Crippen molar-refractivity contribution >= 4 is 11.6 Å². The van der Waals surface area contributed by atoms with Gasteiger partial charge in [0.2, 0.25) is 11.8 Å². The molecule has 7 heteroatoms. The molecule has 0 radical (unpaired) electrons. The fraction of sp³-hybridized carbons (Fsp3) is 0.333. The van der Waals surface area contributed by atoms with E-state index in [9.17, 15) is 4.79 Å². The van der Waals surface area contributed by atoms with Crippen LogP contribution in [0.4, 0.5) is 5.69 Å². The highest BCUT2D eigenvalue weighted by Crippen LogP contribution is 2.22. The van der Waals surface area contributed by atoms with Crippen molar-refractivity contribution in [2.45, 2.75) is 40.5 Å². The third-order valence-electron chi connectivity index (χ3n) is 4.83. The molecular weight excluding hydrogens is 354 g/mol. The molecular formula is C21H25N5O2. The molecule has 3 aromatic rings. The van der Waals surface area contributed by atoms with Crippen LogP contribution in [0.3, 0.4) is 0 Å². The molecule has 7 nitrogen and oxygen atoms in total. The highest BCUT2D eigenvalue weighted by atomic mass is 16.5. The number of amides is 1. The largest absolute Gasteiger partial charge is 0.438 e. The number of hydrogen-bond acceptors (Lipinski definition) is 5. The van der Waals surface area contributed by atoms with Crippen molar-refractivity contribution in [2.75, 3.05) is 5.32 Å². The van der Waals surface area contributed by atoms with Gasteiger partial charge in [0.15, 0.2) is 5.82 Å². The SMILES string of the molecule is CCC(CC)C(=O)Nc1ccc(Oc2ccc(-n3cnc(C)c3C)nn2)cc1. The van der Waals surface area contributed by atoms with Gasteiger partial charge in [-0.3, -0.25) is 9.36 Å². The first kappa shape index (κ1) is 19.5. The van der Waals surface area contributed by atoms with Crippen molar-refractivity contribution in [1.82, 2.24) is 19.7 Å². The molecule has 1 N–H and O–H groups in total. The number of aryl methyl sites for hydroxylation is 1. The van der Waals surface area contributed by atoms with Gasteiger partial charge in [-0.1, -0.05) is 13.8 Å². The molecule has 0 aliphatic carbocycles. The predicted octanol–water partition coefficient (Wildman–Crippen LogP) is 4.45. The minimum atomic E-state index is 0.0348. The average Bonchev–Trinajstić information content (AvgIpc) is 3.04. The minimum absolute atomic E-state index is 0.0348. The smallest absolute Gasteiger partial charge is 0.238 e. The van der Waals surface area contributed by atoms with E-state index in [1.165, 1.54) is 0 Å². The summed E-state index contributed by atoms with van der Waals surface area (Å²) in [6.45, 7) is 7.98. The van der Waals surface area contributed by atoms with Gasteiger partial charge in [-0.2, -0.15) is 0 Å². The van der Waals surface area contributed by atoms with E-state index < -0.39 is 0 Å². The van der Waals surface area contributed by atoms with Gasteiger partial charge in [0.05, 0.1) is 5.69 Å². The van der Waals surface area contributed by atoms with Crippen LogP contribution in [0.15, 0.2) is 42.7 Å². The molecule has 0 spiro atoms. The van der Waals surface area contributed by atoms with E-state index in [1.54, 1.807) is 24.5 Å². The highest BCUT2D eigenvalue weighted by Gasteiger charge is 2.14. The number of carbonyl (C=O) groups excluding carboxylic acids is 1. The van der Waals surface area contributed by atoms with Gasteiger partial charge in [-0.15, -0.1) is 10.2 Å². The van der Waals surface area contributed by atoms with Gasteiger partial charge in [0.1, 0.15) is 12.1 Å². The third-order valence-corrected chi connectivity index (χ3v) is 4.83. The lowest BCUT2D eigenvalue weighted by Gasteiger charge is -2.13. The summed E-state index contributed by atoms with van der Waals surface area (Å²) in [5.41, 5.74) is 2.73. The topological polar surface area (TPSA) is 81.9 Å². The molecule has 0 saturated heterocycles. The van der Waals surface area contributed by atoms with E-state index >= 15 is 0 Å². The lowest BCUT2D eigenvalue weighted by molar-refractivity contribution is -0.120. The number of benzene rings is 1. The number of rotatable bonds is 7. The molecule has 0 saturated carbocycles. The maximum absolute atomic E-state index is 12.2. The van der Waals surface area contributed by atoms with Crippen LogP contribution < -0.4 is 10.1 Å². The van der Waals surface area contributed by atoms with Crippen LogP contribution in [0.1, 0.15) is 38.1 Å². The van der Waals surface area contributed by atoms with Crippen molar-refractivity contribution in [3.63, 3.8) is 0 Å². The Kier molecular flexibility index (Phi) is 6.03.